The van der Waals surface area contributed by atoms with E-state index in [1.165, 1.54) is 23.5 Å². The number of hydrogen-bond donors (Lipinski definition) is 0. The van der Waals surface area contributed by atoms with Crippen LogP contribution in [0.4, 0.5) is 26.3 Å². The zero-order valence-corrected chi connectivity index (χ0v) is 16.8. The summed E-state index contributed by atoms with van der Waals surface area (Å²) in [6.07, 6.45) is -5.90. The van der Waals surface area contributed by atoms with Crippen LogP contribution in [0.3, 0.4) is 0 Å². The van der Waals surface area contributed by atoms with Gasteiger partial charge >= 0.3 is 12.1 Å². The average Bonchev–Trinajstić information content (AvgIpc) is 3.52. The highest BCUT2D eigenvalue weighted by molar-refractivity contribution is 7.13. The molecule has 0 aliphatic rings. The van der Waals surface area contributed by atoms with Gasteiger partial charge in [0.1, 0.15) is 11.5 Å². The molecule has 0 aliphatic heterocycles. The lowest BCUT2D eigenvalue weighted by Crippen LogP contribution is -2.35. The van der Waals surface area contributed by atoms with Crippen molar-refractivity contribution < 1.29 is 30.9 Å². The van der Waals surface area contributed by atoms with Crippen molar-refractivity contribution in [1.82, 2.24) is 24.7 Å². The van der Waals surface area contributed by atoms with Gasteiger partial charge in [-0.25, -0.2) is 13.9 Å². The number of hydrogen-bond acceptors (Lipinski definition) is 6. The van der Waals surface area contributed by atoms with E-state index in [0.29, 0.717) is 15.5 Å². The average molecular weight is 481 g/mol. The summed E-state index contributed by atoms with van der Waals surface area (Å²) >= 11 is 1.32. The fraction of sp³-hybridized carbons (Fsp3) is 0.100. The van der Waals surface area contributed by atoms with Gasteiger partial charge in [0.25, 0.3) is 5.89 Å². The topological polar surface area (TPSA) is 69.1 Å². The number of thiophene rings is 1. The molecule has 0 spiro atoms. The first-order valence-corrected chi connectivity index (χ1v) is 10.0. The highest BCUT2D eigenvalue weighted by Gasteiger charge is 2.60. The van der Waals surface area contributed by atoms with Crippen molar-refractivity contribution in [2.45, 2.75) is 12.1 Å². The maximum absolute atomic E-state index is 14.4. The second-order valence-electron chi connectivity index (χ2n) is 6.81. The molecule has 0 aliphatic carbocycles. The predicted molar refractivity (Wildman–Crippen MR) is 105 cm³/mol. The Kier molecular flexibility index (Phi) is 4.74. The molecule has 0 N–H and O–H groups in total. The van der Waals surface area contributed by atoms with Crippen LogP contribution in [0, 0.1) is 5.82 Å². The molecule has 6 nitrogen and oxygen atoms in total. The number of fused-ring (bicyclic) bond motifs is 1. The number of benzene rings is 1. The number of aromatic nitrogens is 5. The van der Waals surface area contributed by atoms with Gasteiger partial charge in [-0.3, -0.25) is 0 Å². The lowest BCUT2D eigenvalue weighted by Gasteiger charge is -2.21. The maximum Gasteiger partial charge on any atom is 0.459 e. The number of alkyl halides is 5. The number of nitrogens with zero attached hydrogens (tertiary/aromatic N) is 5. The predicted octanol–water partition coefficient (Wildman–Crippen LogP) is 5.97. The molecule has 0 saturated heterocycles. The van der Waals surface area contributed by atoms with Crippen LogP contribution in [0.25, 0.3) is 39.2 Å². The van der Waals surface area contributed by atoms with Gasteiger partial charge < -0.3 is 4.52 Å². The molecular formula is C20H9F6N5OS. The smallest absolute Gasteiger partial charge is 0.332 e. The summed E-state index contributed by atoms with van der Waals surface area (Å²) in [7, 11) is 0. The fourth-order valence-corrected chi connectivity index (χ4v) is 3.70. The Morgan fingerprint density at radius 2 is 1.67 bits per heavy atom. The zero-order valence-electron chi connectivity index (χ0n) is 16.0. The third-order valence-corrected chi connectivity index (χ3v) is 5.50. The molecule has 4 aromatic heterocycles. The lowest BCUT2D eigenvalue weighted by molar-refractivity contribution is -0.291. The van der Waals surface area contributed by atoms with Gasteiger partial charge in [-0.05, 0) is 41.8 Å². The van der Waals surface area contributed by atoms with E-state index in [-0.39, 0.29) is 34.3 Å². The summed E-state index contributed by atoms with van der Waals surface area (Å²) in [5.41, 5.74) is -2.02. The van der Waals surface area contributed by atoms with Crippen molar-refractivity contribution in [3.63, 3.8) is 0 Å². The molecule has 0 amide bonds. The molecule has 0 atom stereocenters. The summed E-state index contributed by atoms with van der Waals surface area (Å²) in [6.45, 7) is 0. The van der Waals surface area contributed by atoms with Crippen LogP contribution in [0.15, 0.2) is 58.4 Å². The first kappa shape index (κ1) is 21.1. The minimum atomic E-state index is -5.90. The Bertz CT molecular complexity index is 1440. The molecule has 5 aromatic rings. The molecule has 33 heavy (non-hydrogen) atoms. The second-order valence-corrected chi connectivity index (χ2v) is 7.75. The molecule has 168 valence electrons. The van der Waals surface area contributed by atoms with Gasteiger partial charge in [0, 0.05) is 11.6 Å². The van der Waals surface area contributed by atoms with Gasteiger partial charge in [-0.15, -0.1) is 11.3 Å². The molecule has 0 unspecified atom stereocenters. The minimum Gasteiger partial charge on any atom is -0.332 e. The molecule has 0 bridgehead atoms. The van der Waals surface area contributed by atoms with Crippen LogP contribution in [0.1, 0.15) is 5.69 Å². The summed E-state index contributed by atoms with van der Waals surface area (Å²) in [5.74, 6) is -5.85. The van der Waals surface area contributed by atoms with E-state index < -0.39 is 23.6 Å². The highest BCUT2D eigenvalue weighted by Crippen LogP contribution is 2.44. The Balaban J connectivity index is 1.69. The molecule has 5 rings (SSSR count). The van der Waals surface area contributed by atoms with Crippen molar-refractivity contribution in [3.05, 3.63) is 65.4 Å². The van der Waals surface area contributed by atoms with Gasteiger partial charge in [0.15, 0.2) is 11.3 Å². The Hall–Kier alpha value is -3.74. The molecule has 13 heteroatoms. The number of rotatable bonds is 4. The third-order valence-electron chi connectivity index (χ3n) is 4.63. The summed E-state index contributed by atoms with van der Waals surface area (Å²) in [6, 6.07) is 9.70. The highest BCUT2D eigenvalue weighted by atomic mass is 32.1. The van der Waals surface area contributed by atoms with Gasteiger partial charge in [-0.1, -0.05) is 11.2 Å². The van der Waals surface area contributed by atoms with Crippen molar-refractivity contribution in [1.29, 1.82) is 0 Å². The molecule has 0 saturated carbocycles. The normalized spacial score (nSPS) is 12.5. The monoisotopic (exact) mass is 481 g/mol. The van der Waals surface area contributed by atoms with Gasteiger partial charge in [0.05, 0.1) is 10.6 Å². The molecule has 1 aromatic carbocycles. The summed E-state index contributed by atoms with van der Waals surface area (Å²) < 4.78 is 87.3. The molecule has 4 heterocycles. The Morgan fingerprint density at radius 1 is 0.909 bits per heavy atom. The van der Waals surface area contributed by atoms with E-state index in [1.807, 2.05) is 0 Å². The second kappa shape index (κ2) is 7.40. The number of halogens is 6. The Morgan fingerprint density at radius 3 is 2.33 bits per heavy atom. The van der Waals surface area contributed by atoms with Crippen LogP contribution in [-0.4, -0.2) is 30.9 Å². The summed E-state index contributed by atoms with van der Waals surface area (Å²) in [5, 5.41) is 9.39. The minimum absolute atomic E-state index is 0.138. The van der Waals surface area contributed by atoms with E-state index in [1.54, 1.807) is 17.5 Å². The van der Waals surface area contributed by atoms with Crippen molar-refractivity contribution in [3.8, 4) is 33.5 Å². The van der Waals surface area contributed by atoms with Crippen LogP contribution in [0.5, 0.6) is 0 Å². The molecule has 0 radical (unpaired) electrons. The van der Waals surface area contributed by atoms with E-state index in [0.717, 1.165) is 18.2 Å². The van der Waals surface area contributed by atoms with Crippen molar-refractivity contribution in [2.75, 3.05) is 0 Å². The van der Waals surface area contributed by atoms with E-state index >= 15 is 0 Å². The van der Waals surface area contributed by atoms with Gasteiger partial charge in [-0.2, -0.15) is 32.0 Å². The summed E-state index contributed by atoms with van der Waals surface area (Å²) in [4.78, 5) is 8.91. The van der Waals surface area contributed by atoms with E-state index in [9.17, 15) is 26.3 Å². The van der Waals surface area contributed by atoms with E-state index in [2.05, 4.69) is 20.2 Å². The largest absolute Gasteiger partial charge is 0.459 e. The van der Waals surface area contributed by atoms with Crippen LogP contribution < -0.4 is 0 Å². The molecule has 0 fully saturated rings. The first-order chi connectivity index (χ1) is 15.6. The van der Waals surface area contributed by atoms with Crippen LogP contribution in [-0.2, 0) is 5.92 Å². The third kappa shape index (κ3) is 3.63. The Labute approximate surface area is 184 Å². The van der Waals surface area contributed by atoms with Crippen LogP contribution >= 0.6 is 11.3 Å². The molecular weight excluding hydrogens is 472 g/mol. The first-order valence-electron chi connectivity index (χ1n) is 9.13. The quantitative estimate of drug-likeness (QED) is 0.296. The van der Waals surface area contributed by atoms with Crippen LogP contribution in [0.2, 0.25) is 0 Å². The SMILES string of the molecule is Fc1ccc(-c2cc(C(F)(F)C(F)(F)F)n3nc(-c4nc(-c5cccs5)no4)cc3n2)cc1. The fourth-order valence-electron chi connectivity index (χ4n) is 3.05. The van der Waals surface area contributed by atoms with Crippen molar-refractivity contribution in [2.24, 2.45) is 0 Å². The maximum atomic E-state index is 14.4. The van der Waals surface area contributed by atoms with Crippen molar-refractivity contribution >= 4 is 17.0 Å². The zero-order chi connectivity index (χ0) is 23.4. The standard InChI is InChI=1S/C20H9F6N5OS/c21-11-5-3-10(4-6-11)12-8-15(19(22,23)20(24,25)26)31-16(27-12)9-13(29-31)18-28-17(30-32-18)14-2-1-7-33-14/h1-9H. The van der Waals surface area contributed by atoms with E-state index in [4.69, 9.17) is 4.52 Å². The lowest BCUT2D eigenvalue weighted by atomic mass is 10.1. The van der Waals surface area contributed by atoms with Gasteiger partial charge in [0.2, 0.25) is 5.82 Å².